The first-order chi connectivity index (χ1) is 12.5. The lowest BCUT2D eigenvalue weighted by Gasteiger charge is -2.10. The van der Waals surface area contributed by atoms with Crippen molar-refractivity contribution in [3.05, 3.63) is 59.2 Å². The molecule has 0 spiro atoms. The molecule has 2 N–H and O–H groups in total. The fourth-order valence-corrected chi connectivity index (χ4v) is 2.31. The number of urea groups is 1. The van der Waals surface area contributed by atoms with Gasteiger partial charge in [-0.2, -0.15) is 0 Å². The summed E-state index contributed by atoms with van der Waals surface area (Å²) < 4.78 is 10.3. The van der Waals surface area contributed by atoms with Crippen molar-refractivity contribution in [2.75, 3.05) is 19.0 Å². The Morgan fingerprint density at radius 1 is 1.04 bits per heavy atom. The van der Waals surface area contributed by atoms with Gasteiger partial charge in [0.1, 0.15) is 12.4 Å². The first kappa shape index (κ1) is 19.3. The molecule has 26 heavy (non-hydrogen) atoms. The largest absolute Gasteiger partial charge is 0.497 e. The van der Waals surface area contributed by atoms with E-state index in [9.17, 15) is 9.59 Å². The predicted octanol–water partition coefficient (Wildman–Crippen LogP) is 3.57. The van der Waals surface area contributed by atoms with Crippen LogP contribution in [0.2, 0.25) is 0 Å². The summed E-state index contributed by atoms with van der Waals surface area (Å²) in [5.74, 6) is 0.359. The van der Waals surface area contributed by atoms with Crippen LogP contribution in [0, 0.1) is 13.8 Å². The van der Waals surface area contributed by atoms with E-state index in [0.717, 1.165) is 16.7 Å². The highest BCUT2D eigenvalue weighted by Crippen LogP contribution is 2.15. The molecule has 0 aromatic heterocycles. The van der Waals surface area contributed by atoms with Crippen molar-refractivity contribution in [2.45, 2.75) is 26.9 Å². The third kappa shape index (κ3) is 6.12. The minimum Gasteiger partial charge on any atom is -0.497 e. The standard InChI is InChI=1S/C20H24N2O4/c1-14-4-5-15(2)16(12-14)13-26-19(23)10-11-21-20(24)22-17-6-8-18(25-3)9-7-17/h4-9,12H,10-11,13H2,1-3H3,(H2,21,22,24). The molecule has 6 heteroatoms. The Morgan fingerprint density at radius 2 is 1.77 bits per heavy atom. The van der Waals surface area contributed by atoms with E-state index in [4.69, 9.17) is 9.47 Å². The highest BCUT2D eigenvalue weighted by molar-refractivity contribution is 5.89. The minimum atomic E-state index is -0.377. The quantitative estimate of drug-likeness (QED) is 0.744. The summed E-state index contributed by atoms with van der Waals surface area (Å²) in [5, 5.41) is 5.31. The fraction of sp³-hybridized carbons (Fsp3) is 0.300. The molecule has 0 aliphatic rings. The van der Waals surface area contributed by atoms with Crippen LogP contribution < -0.4 is 15.4 Å². The van der Waals surface area contributed by atoms with Crippen LogP contribution in [0.1, 0.15) is 23.1 Å². The van der Waals surface area contributed by atoms with Gasteiger partial charge in [-0.1, -0.05) is 23.8 Å². The number of anilines is 1. The Bertz CT molecular complexity index is 757. The Kier molecular flexibility index (Phi) is 7.02. The topological polar surface area (TPSA) is 76.7 Å². The fourth-order valence-electron chi connectivity index (χ4n) is 2.31. The highest BCUT2D eigenvalue weighted by atomic mass is 16.5. The van der Waals surface area contributed by atoms with E-state index in [1.807, 2.05) is 32.0 Å². The summed E-state index contributed by atoms with van der Waals surface area (Å²) in [6, 6.07) is 12.6. The molecular weight excluding hydrogens is 332 g/mol. The molecule has 0 atom stereocenters. The van der Waals surface area contributed by atoms with Gasteiger partial charge in [0.25, 0.3) is 0 Å². The number of carbonyl (C=O) groups excluding carboxylic acids is 2. The molecule has 2 rings (SSSR count). The molecule has 0 radical (unpaired) electrons. The summed E-state index contributed by atoms with van der Waals surface area (Å²) in [4.78, 5) is 23.6. The van der Waals surface area contributed by atoms with Crippen LogP contribution in [0.15, 0.2) is 42.5 Å². The number of hydrogen-bond donors (Lipinski definition) is 2. The van der Waals surface area contributed by atoms with Gasteiger partial charge in [0.15, 0.2) is 0 Å². The van der Waals surface area contributed by atoms with E-state index in [-0.39, 0.29) is 31.6 Å². The Labute approximate surface area is 153 Å². The molecule has 0 heterocycles. The van der Waals surface area contributed by atoms with Crippen molar-refractivity contribution < 1.29 is 19.1 Å². The molecule has 138 valence electrons. The van der Waals surface area contributed by atoms with E-state index in [1.165, 1.54) is 0 Å². The minimum absolute atomic E-state index is 0.112. The van der Waals surface area contributed by atoms with Crippen LogP contribution in [-0.4, -0.2) is 25.7 Å². The van der Waals surface area contributed by atoms with Crippen LogP contribution in [0.4, 0.5) is 10.5 Å². The zero-order chi connectivity index (χ0) is 18.9. The molecule has 2 aromatic rings. The lowest BCUT2D eigenvalue weighted by atomic mass is 10.1. The average molecular weight is 356 g/mol. The SMILES string of the molecule is COc1ccc(NC(=O)NCCC(=O)OCc2cc(C)ccc2C)cc1. The molecule has 0 fully saturated rings. The number of aryl methyl sites for hydroxylation is 2. The van der Waals surface area contributed by atoms with Crippen molar-refractivity contribution in [3.8, 4) is 5.75 Å². The number of methoxy groups -OCH3 is 1. The van der Waals surface area contributed by atoms with Gasteiger partial charge in [-0.15, -0.1) is 0 Å². The monoisotopic (exact) mass is 356 g/mol. The van der Waals surface area contributed by atoms with Crippen molar-refractivity contribution in [2.24, 2.45) is 0 Å². The van der Waals surface area contributed by atoms with Crippen molar-refractivity contribution in [1.82, 2.24) is 5.32 Å². The lowest BCUT2D eigenvalue weighted by Crippen LogP contribution is -2.30. The van der Waals surface area contributed by atoms with Crippen molar-refractivity contribution in [3.63, 3.8) is 0 Å². The van der Waals surface area contributed by atoms with E-state index >= 15 is 0 Å². The van der Waals surface area contributed by atoms with Gasteiger partial charge in [0, 0.05) is 12.2 Å². The summed E-state index contributed by atoms with van der Waals surface area (Å²) in [5.41, 5.74) is 3.84. The molecule has 0 saturated carbocycles. The maximum atomic E-state index is 11.8. The second kappa shape index (κ2) is 9.46. The number of hydrogen-bond acceptors (Lipinski definition) is 4. The maximum Gasteiger partial charge on any atom is 0.319 e. The summed E-state index contributed by atoms with van der Waals surface area (Å²) in [6.07, 6.45) is 0.112. The van der Waals surface area contributed by atoms with Gasteiger partial charge in [-0.3, -0.25) is 4.79 Å². The average Bonchev–Trinajstić information content (AvgIpc) is 2.63. The van der Waals surface area contributed by atoms with Gasteiger partial charge in [0.05, 0.1) is 13.5 Å². The number of nitrogens with one attached hydrogen (secondary N) is 2. The normalized spacial score (nSPS) is 10.1. The molecule has 0 bridgehead atoms. The Hall–Kier alpha value is -3.02. The van der Waals surface area contributed by atoms with E-state index in [0.29, 0.717) is 11.4 Å². The van der Waals surface area contributed by atoms with Gasteiger partial charge in [-0.05, 0) is 49.2 Å². The molecule has 0 aliphatic heterocycles. The van der Waals surface area contributed by atoms with Crippen LogP contribution in [0.25, 0.3) is 0 Å². The third-order valence-corrected chi connectivity index (χ3v) is 3.86. The summed E-state index contributed by atoms with van der Waals surface area (Å²) >= 11 is 0. The number of carbonyl (C=O) groups is 2. The van der Waals surface area contributed by atoms with Crippen LogP contribution in [0.5, 0.6) is 5.75 Å². The summed E-state index contributed by atoms with van der Waals surface area (Å²) in [7, 11) is 1.58. The molecule has 2 aromatic carbocycles. The second-order valence-electron chi connectivity index (χ2n) is 5.95. The van der Waals surface area contributed by atoms with Crippen molar-refractivity contribution in [1.29, 1.82) is 0 Å². The van der Waals surface area contributed by atoms with Crippen molar-refractivity contribution >= 4 is 17.7 Å². The molecule has 2 amide bonds. The molecule has 0 aliphatic carbocycles. The van der Waals surface area contributed by atoms with Crippen LogP contribution >= 0.6 is 0 Å². The Balaban J connectivity index is 1.68. The lowest BCUT2D eigenvalue weighted by molar-refractivity contribution is -0.144. The van der Waals surface area contributed by atoms with Crippen LogP contribution in [0.3, 0.4) is 0 Å². The molecule has 0 saturated heterocycles. The zero-order valence-electron chi connectivity index (χ0n) is 15.3. The molecular formula is C20H24N2O4. The zero-order valence-corrected chi connectivity index (χ0v) is 15.3. The number of benzene rings is 2. The second-order valence-corrected chi connectivity index (χ2v) is 5.95. The first-order valence-electron chi connectivity index (χ1n) is 8.38. The number of esters is 1. The smallest absolute Gasteiger partial charge is 0.319 e. The van der Waals surface area contributed by atoms with E-state index in [2.05, 4.69) is 10.6 Å². The maximum absolute atomic E-state index is 11.8. The summed E-state index contributed by atoms with van der Waals surface area (Å²) in [6.45, 7) is 4.42. The number of ether oxygens (including phenoxy) is 2. The Morgan fingerprint density at radius 3 is 2.46 bits per heavy atom. The predicted molar refractivity (Wildman–Crippen MR) is 100 cm³/mol. The van der Waals surface area contributed by atoms with Gasteiger partial charge in [-0.25, -0.2) is 4.79 Å². The van der Waals surface area contributed by atoms with Gasteiger partial charge >= 0.3 is 12.0 Å². The van der Waals surface area contributed by atoms with Gasteiger partial charge in [0.2, 0.25) is 0 Å². The van der Waals surface area contributed by atoms with Gasteiger partial charge < -0.3 is 20.1 Å². The first-order valence-corrected chi connectivity index (χ1v) is 8.38. The number of rotatable bonds is 7. The van der Waals surface area contributed by atoms with Crippen LogP contribution in [-0.2, 0) is 16.1 Å². The molecule has 6 nitrogen and oxygen atoms in total. The number of amides is 2. The van der Waals surface area contributed by atoms with E-state index in [1.54, 1.807) is 31.4 Å². The third-order valence-electron chi connectivity index (χ3n) is 3.86. The molecule has 0 unspecified atom stereocenters. The van der Waals surface area contributed by atoms with E-state index < -0.39 is 0 Å². The highest BCUT2D eigenvalue weighted by Gasteiger charge is 2.07.